The first-order chi connectivity index (χ1) is 34.3. The molecule has 0 saturated heterocycles. The molecule has 2 aliphatic carbocycles. The lowest BCUT2D eigenvalue weighted by atomic mass is 9.67. The number of thiophene rings is 1. The summed E-state index contributed by atoms with van der Waals surface area (Å²) in [6.45, 7) is 7.39. The smallest absolute Gasteiger partial charge is 0.0776 e. The number of fused-ring (bicyclic) bond motifs is 7. The van der Waals surface area contributed by atoms with Crippen LogP contribution >= 0.6 is 11.3 Å². The van der Waals surface area contributed by atoms with Gasteiger partial charge in [0.15, 0.2) is 0 Å². The molecule has 11 aromatic rings. The van der Waals surface area contributed by atoms with E-state index in [1.807, 2.05) is 0 Å². The molecule has 13 rings (SSSR count). The van der Waals surface area contributed by atoms with Gasteiger partial charge < -0.3 is 4.90 Å². The predicted octanol–water partition coefficient (Wildman–Crippen LogP) is 17.3. The molecule has 1 heterocycles. The molecule has 0 N–H and O–H groups in total. The van der Waals surface area contributed by atoms with Crippen LogP contribution in [0.3, 0.4) is 0 Å². The third-order valence-corrected chi connectivity index (χ3v) is 18.2. The molecule has 3 heteroatoms. The summed E-state index contributed by atoms with van der Waals surface area (Å²) in [4.78, 5) is 2.50. The van der Waals surface area contributed by atoms with Gasteiger partial charge >= 0.3 is 0 Å². The second-order valence-electron chi connectivity index (χ2n) is 20.0. The van der Waals surface area contributed by atoms with Crippen LogP contribution in [-0.4, -0.2) is 8.07 Å². The van der Waals surface area contributed by atoms with Crippen molar-refractivity contribution in [3.05, 3.63) is 299 Å². The van der Waals surface area contributed by atoms with Gasteiger partial charge in [-0.05, 0) is 143 Å². The van der Waals surface area contributed by atoms with E-state index >= 15 is 0 Å². The summed E-state index contributed by atoms with van der Waals surface area (Å²) >= 11 is 1.79. The fraction of sp³-hybridized carbons (Fsp3) is 0.0746. The van der Waals surface area contributed by atoms with Crippen molar-refractivity contribution in [1.29, 1.82) is 0 Å². The summed E-state index contributed by atoms with van der Waals surface area (Å²) < 4.78 is 1.31. The molecule has 0 aliphatic heterocycles. The van der Waals surface area contributed by atoms with Crippen LogP contribution in [0.5, 0.6) is 0 Å². The number of rotatable bonds is 9. The number of hydrogen-bond donors (Lipinski definition) is 0. The van der Waals surface area contributed by atoms with Crippen molar-refractivity contribution < 1.29 is 0 Å². The summed E-state index contributed by atoms with van der Waals surface area (Å²) in [6.07, 6.45) is 0. The van der Waals surface area contributed by atoms with Gasteiger partial charge in [0, 0.05) is 21.8 Å². The standard InChI is InChI=1S/C67H51NSSi/c1-70(2,3)56-35-37-59-58-36-33-55(44-63(58)67(64(59)45-56,51-22-12-6-13-23-51)52-24-14-7-15-25-52)68(53-31-28-46(29-32-53)47-30-39-65-48(42-47)40-41-69-65)54-34-38-62-60(43-54)57-26-16-17-27-61(57)66(62,49-18-8-4-9-19-49)50-20-10-5-11-21-50/h4-45H,1-3H3. The van der Waals surface area contributed by atoms with E-state index < -0.39 is 18.9 Å². The number of hydrogen-bond acceptors (Lipinski definition) is 2. The van der Waals surface area contributed by atoms with Crippen LogP contribution in [0.15, 0.2) is 254 Å². The molecular formula is C67H51NSSi. The van der Waals surface area contributed by atoms with Gasteiger partial charge in [0.1, 0.15) is 0 Å². The zero-order chi connectivity index (χ0) is 47.0. The van der Waals surface area contributed by atoms with Crippen LogP contribution in [0.25, 0.3) is 43.5 Å². The summed E-state index contributed by atoms with van der Waals surface area (Å²) in [5, 5.41) is 4.93. The molecule has 2 aliphatic rings. The second-order valence-corrected chi connectivity index (χ2v) is 26.1. The van der Waals surface area contributed by atoms with Gasteiger partial charge in [-0.1, -0.05) is 219 Å². The van der Waals surface area contributed by atoms with Crippen LogP contribution in [0, 0.1) is 0 Å². The molecule has 0 bridgehead atoms. The van der Waals surface area contributed by atoms with Crippen LogP contribution in [0.1, 0.15) is 44.5 Å². The van der Waals surface area contributed by atoms with Gasteiger partial charge in [0.2, 0.25) is 0 Å². The molecule has 10 aromatic carbocycles. The summed E-state index contributed by atoms with van der Waals surface area (Å²) in [7, 11) is -1.70. The van der Waals surface area contributed by atoms with E-state index in [1.165, 1.54) is 93.2 Å². The maximum Gasteiger partial charge on any atom is 0.0776 e. The highest BCUT2D eigenvalue weighted by Gasteiger charge is 2.48. The molecule has 0 radical (unpaired) electrons. The molecule has 1 aromatic heterocycles. The third-order valence-electron chi connectivity index (χ3n) is 15.3. The summed E-state index contributed by atoms with van der Waals surface area (Å²) in [5.41, 5.74) is 20.2. The Hall–Kier alpha value is -7.82. The third kappa shape index (κ3) is 6.42. The van der Waals surface area contributed by atoms with Crippen molar-refractivity contribution >= 4 is 51.7 Å². The van der Waals surface area contributed by atoms with Crippen LogP contribution in [0.2, 0.25) is 19.6 Å². The highest BCUT2D eigenvalue weighted by Crippen LogP contribution is 2.59. The van der Waals surface area contributed by atoms with Crippen LogP contribution in [0.4, 0.5) is 17.1 Å². The normalized spacial score (nSPS) is 13.9. The second kappa shape index (κ2) is 16.4. The van der Waals surface area contributed by atoms with Crippen LogP contribution < -0.4 is 10.1 Å². The Morgan fingerprint density at radius 3 is 1.43 bits per heavy atom. The van der Waals surface area contributed by atoms with Crippen LogP contribution in [-0.2, 0) is 10.8 Å². The maximum absolute atomic E-state index is 2.56. The van der Waals surface area contributed by atoms with E-state index in [2.05, 4.69) is 279 Å². The minimum atomic E-state index is -1.70. The van der Waals surface area contributed by atoms with E-state index in [0.717, 1.165) is 17.1 Å². The molecule has 334 valence electrons. The lowest BCUT2D eigenvalue weighted by Gasteiger charge is -2.35. The fourth-order valence-electron chi connectivity index (χ4n) is 12.1. The highest BCUT2D eigenvalue weighted by molar-refractivity contribution is 7.17. The van der Waals surface area contributed by atoms with Crippen molar-refractivity contribution in [2.24, 2.45) is 0 Å². The highest BCUT2D eigenvalue weighted by atomic mass is 32.1. The Morgan fingerprint density at radius 2 is 0.814 bits per heavy atom. The number of benzene rings is 10. The first-order valence-electron chi connectivity index (χ1n) is 24.5. The molecular weight excluding hydrogens is 879 g/mol. The Morgan fingerprint density at radius 1 is 0.343 bits per heavy atom. The number of anilines is 3. The minimum absolute atomic E-state index is 0.484. The lowest BCUT2D eigenvalue weighted by molar-refractivity contribution is 0.768. The van der Waals surface area contributed by atoms with Crippen molar-refractivity contribution in [2.45, 2.75) is 30.5 Å². The summed E-state index contributed by atoms with van der Waals surface area (Å²) in [6, 6.07) is 94.0. The van der Waals surface area contributed by atoms with E-state index in [-0.39, 0.29) is 0 Å². The number of nitrogens with zero attached hydrogens (tertiary/aromatic N) is 1. The van der Waals surface area contributed by atoms with Crippen molar-refractivity contribution in [3.63, 3.8) is 0 Å². The Bertz CT molecular complexity index is 3660. The Balaban J connectivity index is 1.06. The maximum atomic E-state index is 2.56. The molecule has 1 nitrogen and oxygen atoms in total. The molecule has 0 amide bonds. The minimum Gasteiger partial charge on any atom is -0.310 e. The zero-order valence-electron chi connectivity index (χ0n) is 39.6. The van der Waals surface area contributed by atoms with E-state index in [0.29, 0.717) is 0 Å². The van der Waals surface area contributed by atoms with Crippen molar-refractivity contribution in [3.8, 4) is 33.4 Å². The molecule has 0 spiro atoms. The van der Waals surface area contributed by atoms with Crippen molar-refractivity contribution in [2.75, 3.05) is 4.90 Å². The first kappa shape index (κ1) is 42.3. The fourth-order valence-corrected chi connectivity index (χ4v) is 14.0. The molecule has 70 heavy (non-hydrogen) atoms. The zero-order valence-corrected chi connectivity index (χ0v) is 41.4. The monoisotopic (exact) mass is 929 g/mol. The van der Waals surface area contributed by atoms with E-state index in [9.17, 15) is 0 Å². The predicted molar refractivity (Wildman–Crippen MR) is 300 cm³/mol. The van der Waals surface area contributed by atoms with Crippen molar-refractivity contribution in [1.82, 2.24) is 0 Å². The van der Waals surface area contributed by atoms with E-state index in [1.54, 1.807) is 11.3 Å². The average Bonchev–Trinajstić information content (AvgIpc) is 4.09. The average molecular weight is 930 g/mol. The SMILES string of the molecule is C[Si](C)(C)c1ccc2c(c1)C(c1ccccc1)(c1ccccc1)c1cc(N(c3ccc(-c4ccc5sccc5c4)cc3)c3ccc4c(c3)-c3ccccc3C4(c3ccccc3)c3ccccc3)ccc1-2. The lowest BCUT2D eigenvalue weighted by Crippen LogP contribution is -2.39. The first-order valence-corrected chi connectivity index (χ1v) is 28.9. The topological polar surface area (TPSA) is 3.24 Å². The Labute approximate surface area is 416 Å². The molecule has 0 saturated carbocycles. The molecule has 0 fully saturated rings. The van der Waals surface area contributed by atoms with Gasteiger partial charge in [-0.3, -0.25) is 0 Å². The van der Waals surface area contributed by atoms with E-state index in [4.69, 9.17) is 0 Å². The largest absolute Gasteiger partial charge is 0.310 e. The quantitative estimate of drug-likeness (QED) is 0.130. The Kier molecular flexibility index (Phi) is 9.92. The summed E-state index contributed by atoms with van der Waals surface area (Å²) in [5.74, 6) is 0. The molecule has 0 unspecified atom stereocenters. The van der Waals surface area contributed by atoms with Gasteiger partial charge in [-0.15, -0.1) is 11.3 Å². The van der Waals surface area contributed by atoms with Gasteiger partial charge in [0.25, 0.3) is 0 Å². The van der Waals surface area contributed by atoms with Gasteiger partial charge in [-0.2, -0.15) is 0 Å². The van der Waals surface area contributed by atoms with Gasteiger partial charge in [-0.25, -0.2) is 0 Å². The molecule has 0 atom stereocenters. The van der Waals surface area contributed by atoms with Gasteiger partial charge in [0.05, 0.1) is 18.9 Å².